The van der Waals surface area contributed by atoms with E-state index in [4.69, 9.17) is 4.74 Å². The number of carbonyl (C=O) groups excluding carboxylic acids is 1. The van der Waals surface area contributed by atoms with Gasteiger partial charge in [0.2, 0.25) is 5.91 Å². The van der Waals surface area contributed by atoms with Gasteiger partial charge in [-0.15, -0.1) is 0 Å². The number of aromatic nitrogens is 2. The SMILES string of the molecule is CC(=O)Nc1ccc(OCc2cc3nccc(C(=O)O)c3[nH]2)cc1. The zero-order valence-corrected chi connectivity index (χ0v) is 12.9. The number of fused-ring (bicyclic) bond motifs is 1. The number of rotatable bonds is 5. The molecular weight excluding hydrogens is 310 g/mol. The van der Waals surface area contributed by atoms with E-state index in [-0.39, 0.29) is 18.1 Å². The van der Waals surface area contributed by atoms with Crippen molar-refractivity contribution in [1.29, 1.82) is 0 Å². The molecule has 2 aromatic heterocycles. The monoisotopic (exact) mass is 325 g/mol. The Bertz CT molecular complexity index is 900. The van der Waals surface area contributed by atoms with Gasteiger partial charge in [0, 0.05) is 18.8 Å². The van der Waals surface area contributed by atoms with Gasteiger partial charge < -0.3 is 20.1 Å². The standard InChI is InChI=1S/C17H15N3O4/c1-10(21)19-11-2-4-13(5-3-11)24-9-12-8-15-16(20-12)14(17(22)23)6-7-18-15/h2-8,20H,9H2,1H3,(H,19,21)(H,22,23). The van der Waals surface area contributed by atoms with Gasteiger partial charge in [-0.2, -0.15) is 0 Å². The Balaban J connectivity index is 1.72. The van der Waals surface area contributed by atoms with Gasteiger partial charge in [-0.05, 0) is 36.4 Å². The molecule has 1 aromatic carbocycles. The van der Waals surface area contributed by atoms with Crippen molar-refractivity contribution >= 4 is 28.6 Å². The molecule has 0 aliphatic carbocycles. The Morgan fingerprint density at radius 2 is 2.00 bits per heavy atom. The number of hydrogen-bond acceptors (Lipinski definition) is 4. The second kappa shape index (κ2) is 6.41. The smallest absolute Gasteiger partial charge is 0.337 e. The first kappa shape index (κ1) is 15.5. The molecular formula is C17H15N3O4. The Morgan fingerprint density at radius 1 is 1.25 bits per heavy atom. The van der Waals surface area contributed by atoms with Gasteiger partial charge in [0.25, 0.3) is 0 Å². The molecule has 0 bridgehead atoms. The molecule has 0 atom stereocenters. The molecule has 0 aliphatic rings. The molecule has 3 rings (SSSR count). The average molecular weight is 325 g/mol. The van der Waals surface area contributed by atoms with Gasteiger partial charge in [-0.25, -0.2) is 4.79 Å². The molecule has 3 aromatic rings. The van der Waals surface area contributed by atoms with Crippen LogP contribution in [0.3, 0.4) is 0 Å². The van der Waals surface area contributed by atoms with E-state index in [1.807, 2.05) is 0 Å². The summed E-state index contributed by atoms with van der Waals surface area (Å²) < 4.78 is 5.66. The maximum atomic E-state index is 11.2. The number of benzene rings is 1. The number of hydrogen-bond donors (Lipinski definition) is 3. The van der Waals surface area contributed by atoms with E-state index >= 15 is 0 Å². The first-order valence-electron chi connectivity index (χ1n) is 7.23. The van der Waals surface area contributed by atoms with Crippen molar-refractivity contribution in [3.05, 3.63) is 53.9 Å². The summed E-state index contributed by atoms with van der Waals surface area (Å²) in [6.07, 6.45) is 1.46. The average Bonchev–Trinajstić information content (AvgIpc) is 2.96. The van der Waals surface area contributed by atoms with Crippen LogP contribution in [0, 0.1) is 0 Å². The van der Waals surface area contributed by atoms with Crippen LogP contribution in [0.5, 0.6) is 5.75 Å². The van der Waals surface area contributed by atoms with E-state index in [1.54, 1.807) is 30.3 Å². The topological polar surface area (TPSA) is 104 Å². The summed E-state index contributed by atoms with van der Waals surface area (Å²) in [7, 11) is 0. The molecule has 0 saturated heterocycles. The van der Waals surface area contributed by atoms with Gasteiger partial charge in [0.15, 0.2) is 0 Å². The van der Waals surface area contributed by atoms with E-state index in [1.165, 1.54) is 19.2 Å². The van der Waals surface area contributed by atoms with Crippen LogP contribution >= 0.6 is 0 Å². The molecule has 0 spiro atoms. The highest BCUT2D eigenvalue weighted by atomic mass is 16.5. The minimum atomic E-state index is -1.01. The predicted molar refractivity (Wildman–Crippen MR) is 88.1 cm³/mol. The first-order valence-corrected chi connectivity index (χ1v) is 7.23. The molecule has 7 nitrogen and oxygen atoms in total. The van der Waals surface area contributed by atoms with Crippen molar-refractivity contribution in [2.45, 2.75) is 13.5 Å². The molecule has 0 saturated carbocycles. The highest BCUT2D eigenvalue weighted by Crippen LogP contribution is 2.20. The second-order valence-electron chi connectivity index (χ2n) is 5.21. The summed E-state index contributed by atoms with van der Waals surface area (Å²) in [5, 5.41) is 11.9. The van der Waals surface area contributed by atoms with Crippen LogP contribution in [-0.2, 0) is 11.4 Å². The maximum absolute atomic E-state index is 11.2. The third-order valence-electron chi connectivity index (χ3n) is 3.38. The van der Waals surface area contributed by atoms with Crippen molar-refractivity contribution in [1.82, 2.24) is 9.97 Å². The Hall–Kier alpha value is -3.35. The molecule has 24 heavy (non-hydrogen) atoms. The summed E-state index contributed by atoms with van der Waals surface area (Å²) >= 11 is 0. The molecule has 2 heterocycles. The fourth-order valence-electron chi connectivity index (χ4n) is 2.34. The zero-order valence-electron chi connectivity index (χ0n) is 12.9. The third kappa shape index (κ3) is 3.35. The second-order valence-corrected chi connectivity index (χ2v) is 5.21. The number of carbonyl (C=O) groups is 2. The van der Waals surface area contributed by atoms with Crippen LogP contribution in [0.25, 0.3) is 11.0 Å². The summed E-state index contributed by atoms with van der Waals surface area (Å²) in [6, 6.07) is 10.2. The van der Waals surface area contributed by atoms with Crippen molar-refractivity contribution in [3.63, 3.8) is 0 Å². The normalized spacial score (nSPS) is 10.5. The lowest BCUT2D eigenvalue weighted by atomic mass is 10.2. The third-order valence-corrected chi connectivity index (χ3v) is 3.38. The predicted octanol–water partition coefficient (Wildman–Crippen LogP) is 2.80. The van der Waals surface area contributed by atoms with Crippen LogP contribution < -0.4 is 10.1 Å². The molecule has 0 aliphatic heterocycles. The number of amides is 1. The summed E-state index contributed by atoms with van der Waals surface area (Å²) in [4.78, 5) is 29.4. The number of nitrogens with one attached hydrogen (secondary N) is 2. The van der Waals surface area contributed by atoms with Gasteiger partial charge >= 0.3 is 5.97 Å². The molecule has 0 unspecified atom stereocenters. The Labute approximate surface area is 137 Å². The lowest BCUT2D eigenvalue weighted by molar-refractivity contribution is -0.114. The number of ether oxygens (including phenoxy) is 1. The van der Waals surface area contributed by atoms with Crippen molar-refractivity contribution in [2.75, 3.05) is 5.32 Å². The van der Waals surface area contributed by atoms with Crippen molar-refractivity contribution in [2.24, 2.45) is 0 Å². The van der Waals surface area contributed by atoms with E-state index in [0.29, 0.717) is 22.5 Å². The number of carboxylic acid groups (broad SMARTS) is 1. The van der Waals surface area contributed by atoms with Crippen LogP contribution in [0.15, 0.2) is 42.6 Å². The minimum absolute atomic E-state index is 0.136. The molecule has 1 amide bonds. The number of aromatic carboxylic acids is 1. The fourth-order valence-corrected chi connectivity index (χ4v) is 2.34. The lowest BCUT2D eigenvalue weighted by Gasteiger charge is -2.06. The van der Waals surface area contributed by atoms with Crippen molar-refractivity contribution in [3.8, 4) is 5.75 Å². The highest BCUT2D eigenvalue weighted by Gasteiger charge is 2.12. The van der Waals surface area contributed by atoms with E-state index in [9.17, 15) is 14.7 Å². The number of anilines is 1. The number of H-pyrrole nitrogens is 1. The van der Waals surface area contributed by atoms with Crippen LogP contribution in [0.1, 0.15) is 23.0 Å². The number of carboxylic acids is 1. The first-order chi connectivity index (χ1) is 11.5. The lowest BCUT2D eigenvalue weighted by Crippen LogP contribution is -2.05. The summed E-state index contributed by atoms with van der Waals surface area (Å²) in [6.45, 7) is 1.69. The van der Waals surface area contributed by atoms with E-state index in [2.05, 4.69) is 15.3 Å². The highest BCUT2D eigenvalue weighted by molar-refractivity contribution is 6.00. The van der Waals surface area contributed by atoms with Gasteiger partial charge in [0.1, 0.15) is 12.4 Å². The molecule has 0 radical (unpaired) electrons. The van der Waals surface area contributed by atoms with Gasteiger partial charge in [0.05, 0.1) is 22.3 Å². The van der Waals surface area contributed by atoms with Gasteiger partial charge in [-0.3, -0.25) is 9.78 Å². The van der Waals surface area contributed by atoms with Crippen LogP contribution in [-0.4, -0.2) is 27.0 Å². The zero-order chi connectivity index (χ0) is 17.1. The maximum Gasteiger partial charge on any atom is 0.337 e. The Kier molecular flexibility index (Phi) is 4.15. The number of pyridine rings is 1. The van der Waals surface area contributed by atoms with Crippen LogP contribution in [0.2, 0.25) is 0 Å². The van der Waals surface area contributed by atoms with E-state index in [0.717, 1.165) is 5.69 Å². The molecule has 7 heteroatoms. The van der Waals surface area contributed by atoms with Crippen molar-refractivity contribution < 1.29 is 19.4 Å². The van der Waals surface area contributed by atoms with Gasteiger partial charge in [-0.1, -0.05) is 0 Å². The fraction of sp³-hybridized carbons (Fsp3) is 0.118. The number of nitrogens with zero attached hydrogens (tertiary/aromatic N) is 1. The Morgan fingerprint density at radius 3 is 2.67 bits per heavy atom. The molecule has 3 N–H and O–H groups in total. The molecule has 122 valence electrons. The minimum Gasteiger partial charge on any atom is -0.487 e. The largest absolute Gasteiger partial charge is 0.487 e. The van der Waals surface area contributed by atoms with Crippen LogP contribution in [0.4, 0.5) is 5.69 Å². The quantitative estimate of drug-likeness (QED) is 0.669. The number of aromatic amines is 1. The summed E-state index contributed by atoms with van der Waals surface area (Å²) in [5.41, 5.74) is 2.64. The van der Waals surface area contributed by atoms with E-state index < -0.39 is 5.97 Å². The molecule has 0 fully saturated rings. The summed E-state index contributed by atoms with van der Waals surface area (Å²) in [5.74, 6) is -0.511.